The minimum atomic E-state index is -0.984. The zero-order valence-corrected chi connectivity index (χ0v) is 30.6. The van der Waals surface area contributed by atoms with E-state index >= 15 is 0 Å². The molecule has 2 aromatic rings. The molecule has 5 aliphatic rings. The Labute approximate surface area is 319 Å². The van der Waals surface area contributed by atoms with Crippen LogP contribution in [0.5, 0.6) is 0 Å². The van der Waals surface area contributed by atoms with Gasteiger partial charge in [-0.15, -0.1) is 0 Å². The number of carbonyl (C=O) groups is 3. The van der Waals surface area contributed by atoms with E-state index in [0.717, 1.165) is 24.1 Å². The molecule has 0 bridgehead atoms. The molecular weight excluding hydrogens is 739 g/mol. The van der Waals surface area contributed by atoms with Crippen LogP contribution in [-0.2, 0) is 4.79 Å². The number of guanidine groups is 2. The van der Waals surface area contributed by atoms with E-state index in [2.05, 4.69) is 63.0 Å². The highest BCUT2D eigenvalue weighted by molar-refractivity contribution is 6.32. The summed E-state index contributed by atoms with van der Waals surface area (Å²) in [5, 5.41) is 14.8. The van der Waals surface area contributed by atoms with Crippen molar-refractivity contribution in [1.29, 1.82) is 0 Å². The second kappa shape index (κ2) is 14.2. The highest BCUT2D eigenvalue weighted by Gasteiger charge is 2.42. The van der Waals surface area contributed by atoms with Gasteiger partial charge in [-0.1, -0.05) is 41.9 Å². The Kier molecular flexibility index (Phi) is 9.61. The number of aliphatic imine (C=N–C) groups is 3. The number of aromatic nitrogens is 2. The van der Waals surface area contributed by atoms with E-state index in [4.69, 9.17) is 46.1 Å². The molecule has 2 fully saturated rings. The largest absolute Gasteiger partial charge is 0.385 e. The third-order valence-electron chi connectivity index (χ3n) is 10.3. The van der Waals surface area contributed by atoms with Crippen molar-refractivity contribution in [2.45, 2.75) is 42.8 Å². The molecule has 54 heavy (non-hydrogen) atoms. The van der Waals surface area contributed by atoms with Crippen LogP contribution < -0.4 is 49.5 Å². The number of nitrogen functional groups attached to an aromatic ring is 2. The maximum atomic E-state index is 13.5. The van der Waals surface area contributed by atoms with E-state index in [1.54, 1.807) is 0 Å². The fraction of sp³-hybridized carbons (Fsp3) is 0.394. The summed E-state index contributed by atoms with van der Waals surface area (Å²) in [7, 11) is 0. The molecule has 2 saturated heterocycles. The van der Waals surface area contributed by atoms with Crippen LogP contribution in [0.1, 0.15) is 52.1 Å². The summed E-state index contributed by atoms with van der Waals surface area (Å²) in [6.07, 6.45) is 2.82. The molecule has 13 N–H and O–H groups in total. The van der Waals surface area contributed by atoms with Gasteiger partial charge in [0.25, 0.3) is 17.7 Å². The van der Waals surface area contributed by atoms with E-state index in [1.165, 1.54) is 0 Å². The van der Waals surface area contributed by atoms with Crippen molar-refractivity contribution in [2.75, 3.05) is 50.7 Å². The van der Waals surface area contributed by atoms with Gasteiger partial charge in [-0.25, -0.2) is 15.0 Å². The van der Waals surface area contributed by atoms with Crippen molar-refractivity contribution < 1.29 is 14.4 Å². The predicted molar refractivity (Wildman–Crippen MR) is 205 cm³/mol. The number of hydrogen-bond donors (Lipinski definition) is 9. The molecule has 19 nitrogen and oxygen atoms in total. The number of amidine groups is 1. The lowest BCUT2D eigenvalue weighted by Crippen LogP contribution is -2.59. The number of hydrogen-bond acceptors (Lipinski definition) is 16. The van der Waals surface area contributed by atoms with E-state index in [-0.39, 0.29) is 56.3 Å². The maximum absolute atomic E-state index is 13.5. The Morgan fingerprint density at radius 1 is 0.796 bits per heavy atom. The molecular formula is C33H40Cl2N16O3. The number of carbonyl (C=O) groups excluding carboxylic acids is 3. The fourth-order valence-electron chi connectivity index (χ4n) is 7.03. The number of nitrogens with two attached hydrogens (primary N) is 4. The molecule has 7 rings (SSSR count). The number of piperidine rings is 2. The van der Waals surface area contributed by atoms with Crippen molar-refractivity contribution in [2.24, 2.45) is 26.4 Å². The Morgan fingerprint density at radius 2 is 1.35 bits per heavy atom. The molecule has 1 unspecified atom stereocenters. The highest BCUT2D eigenvalue weighted by Crippen LogP contribution is 2.31. The third kappa shape index (κ3) is 7.23. The van der Waals surface area contributed by atoms with Crippen molar-refractivity contribution in [1.82, 2.24) is 46.4 Å². The average molecular weight is 780 g/mol. The van der Waals surface area contributed by atoms with E-state index in [0.29, 0.717) is 69.6 Å². The molecule has 1 aromatic heterocycles. The van der Waals surface area contributed by atoms with Gasteiger partial charge < -0.3 is 48.7 Å². The zero-order valence-electron chi connectivity index (χ0n) is 29.1. The van der Waals surface area contributed by atoms with Gasteiger partial charge in [0.05, 0.1) is 24.2 Å². The molecule has 3 amide bonds. The summed E-state index contributed by atoms with van der Waals surface area (Å²) in [6, 6.07) is 6.53. The van der Waals surface area contributed by atoms with Gasteiger partial charge in [-0.3, -0.25) is 35.0 Å². The number of benzene rings is 1. The Balaban J connectivity index is 0.857. The SMILES string of the molecule is C=C(c1ccc(C(=O)N2CCC3(CC2)CN=C(NC(=O)C2NC(Cl)=C(N)N=C2N)N3)cc1)N1CCC2(CC1)CN=C(NC(=O)c1nc(Cl)c(N)nc1N)N2. The molecule has 0 saturated carbocycles. The Bertz CT molecular complexity index is 2030. The van der Waals surface area contributed by atoms with Crippen molar-refractivity contribution in [3.8, 4) is 0 Å². The zero-order chi connectivity index (χ0) is 38.4. The lowest BCUT2D eigenvalue weighted by Gasteiger charge is -2.41. The summed E-state index contributed by atoms with van der Waals surface area (Å²) < 4.78 is 0. The lowest BCUT2D eigenvalue weighted by atomic mass is 9.87. The first-order valence-corrected chi connectivity index (χ1v) is 17.9. The first-order valence-electron chi connectivity index (χ1n) is 17.2. The molecule has 284 valence electrons. The predicted octanol–water partition coefficient (Wildman–Crippen LogP) is -0.808. The minimum Gasteiger partial charge on any atom is -0.385 e. The summed E-state index contributed by atoms with van der Waals surface area (Å²) in [4.78, 5) is 63.8. The normalized spacial score (nSPS) is 21.4. The molecule has 6 heterocycles. The number of anilines is 2. The number of halogens is 2. The first-order chi connectivity index (χ1) is 25.7. The topological polar surface area (TPSA) is 285 Å². The van der Waals surface area contributed by atoms with Gasteiger partial charge in [-0.05, 0) is 43.4 Å². The van der Waals surface area contributed by atoms with Crippen LogP contribution in [0.15, 0.2) is 56.8 Å². The molecule has 21 heteroatoms. The monoisotopic (exact) mass is 778 g/mol. The van der Waals surface area contributed by atoms with Crippen LogP contribution >= 0.6 is 23.2 Å². The third-order valence-corrected chi connectivity index (χ3v) is 10.9. The van der Waals surface area contributed by atoms with Crippen molar-refractivity contribution in [3.63, 3.8) is 0 Å². The van der Waals surface area contributed by atoms with Gasteiger partial charge in [0, 0.05) is 37.4 Å². The van der Waals surface area contributed by atoms with Crippen molar-refractivity contribution >= 4 is 76.0 Å². The summed E-state index contributed by atoms with van der Waals surface area (Å²) in [6.45, 7) is 7.78. The molecule has 0 radical (unpaired) electrons. The first kappa shape index (κ1) is 36.5. The van der Waals surface area contributed by atoms with Crippen LogP contribution in [0.25, 0.3) is 5.70 Å². The van der Waals surface area contributed by atoms with Crippen molar-refractivity contribution in [3.05, 3.63) is 63.8 Å². The lowest BCUT2D eigenvalue weighted by molar-refractivity contribution is -0.120. The molecule has 2 spiro atoms. The molecule has 0 aliphatic carbocycles. The minimum absolute atomic E-state index is 0.00500. The molecule has 5 aliphatic heterocycles. The number of rotatable bonds is 5. The molecule has 1 aromatic carbocycles. The number of nitrogens with zero attached hydrogens (tertiary/aromatic N) is 7. The summed E-state index contributed by atoms with van der Waals surface area (Å²) in [5.74, 6) is -0.645. The Morgan fingerprint density at radius 3 is 1.96 bits per heavy atom. The second-order valence-corrected chi connectivity index (χ2v) is 14.6. The maximum Gasteiger partial charge on any atom is 0.280 e. The van der Waals surface area contributed by atoms with E-state index < -0.39 is 17.9 Å². The Hall–Kier alpha value is -5.82. The summed E-state index contributed by atoms with van der Waals surface area (Å²) in [5.41, 5.74) is 24.5. The second-order valence-electron chi connectivity index (χ2n) is 13.8. The smallest absolute Gasteiger partial charge is 0.280 e. The van der Waals surface area contributed by atoms with Gasteiger partial charge in [0.15, 0.2) is 46.3 Å². The highest BCUT2D eigenvalue weighted by atomic mass is 35.5. The van der Waals surface area contributed by atoms with Gasteiger partial charge in [0.1, 0.15) is 11.0 Å². The fourth-order valence-corrected chi connectivity index (χ4v) is 7.31. The van der Waals surface area contributed by atoms with Crippen LogP contribution in [0.3, 0.4) is 0 Å². The molecule has 1 atom stereocenters. The van der Waals surface area contributed by atoms with Gasteiger partial charge >= 0.3 is 0 Å². The van der Waals surface area contributed by atoms with Gasteiger partial charge in [-0.2, -0.15) is 0 Å². The average Bonchev–Trinajstić information content (AvgIpc) is 3.73. The number of amides is 3. The van der Waals surface area contributed by atoms with Gasteiger partial charge in [0.2, 0.25) is 0 Å². The standard InChI is InChI=1S/C33H40Cl2N16O3/c1-16(50-10-6-32(7-11-50)14-40-30(48-32)46-27(52)19-23(36)44-25(38)21(34)42-19)17-2-4-18(5-3-17)29(54)51-12-8-33(9-13-51)15-41-31(49-33)47-28(53)20-24(37)45-26(39)22(35)43-20/h2-5,20,43H,1,6-15,39H2,(H2,37,45)(H4,36,38,44)(H2,40,46,48,52)(H2,41,47,49,53). The summed E-state index contributed by atoms with van der Waals surface area (Å²) >= 11 is 11.9. The van der Waals surface area contributed by atoms with Crippen LogP contribution in [0.4, 0.5) is 11.6 Å². The number of likely N-dealkylation sites (tertiary alicyclic amines) is 2. The van der Waals surface area contributed by atoms with E-state index in [9.17, 15) is 14.4 Å². The number of nitrogens with one attached hydrogen (secondary N) is 5. The van der Waals surface area contributed by atoms with E-state index in [1.807, 2.05) is 29.2 Å². The van der Waals surface area contributed by atoms with Crippen LogP contribution in [0, 0.1) is 0 Å². The quantitative estimate of drug-likeness (QED) is 0.168. The van der Waals surface area contributed by atoms with Crippen LogP contribution in [0.2, 0.25) is 5.15 Å². The van der Waals surface area contributed by atoms with Crippen LogP contribution in [-0.4, -0.2) is 112 Å².